The molecule has 0 aromatic heterocycles. The average molecular weight is 450 g/mol. The Bertz CT molecular complexity index is 685. The molecule has 164 valence electrons. The van der Waals surface area contributed by atoms with E-state index in [9.17, 15) is 13.6 Å². The van der Waals surface area contributed by atoms with E-state index in [1.165, 1.54) is 25.0 Å². The minimum atomic E-state index is -0.591. The molecule has 1 amide bonds. The topological polar surface area (TPSA) is 49.6 Å². The predicted octanol–water partition coefficient (Wildman–Crippen LogP) is 3.89. The van der Waals surface area contributed by atoms with Crippen LogP contribution in [0, 0.1) is 17.0 Å². The maximum atomic E-state index is 13.4. The molecule has 1 aliphatic carbocycles. The Morgan fingerprint density at radius 3 is 2.17 bits per heavy atom. The fraction of sp³-hybridized carbons (Fsp3) is 0.667. The van der Waals surface area contributed by atoms with Crippen molar-refractivity contribution in [3.63, 3.8) is 0 Å². The number of piperidine rings is 1. The molecule has 2 heterocycles. The minimum absolute atomic E-state index is 0. The molecule has 8 heteroatoms. The quantitative estimate of drug-likeness (QED) is 0.760. The second-order valence-corrected chi connectivity index (χ2v) is 8.81. The maximum Gasteiger partial charge on any atom is 0.223 e. The summed E-state index contributed by atoms with van der Waals surface area (Å²) in [6, 6.07) is 4.51. The van der Waals surface area contributed by atoms with Gasteiger partial charge < -0.3 is 15.5 Å². The molecule has 4 nitrogen and oxygen atoms in total. The van der Waals surface area contributed by atoms with Crippen molar-refractivity contribution < 1.29 is 13.6 Å². The zero-order chi connectivity index (χ0) is 19.0. The molecule has 0 bridgehead atoms. The summed E-state index contributed by atoms with van der Waals surface area (Å²) in [5.74, 6) is -1.07. The number of amides is 1. The van der Waals surface area contributed by atoms with Gasteiger partial charge in [0.15, 0.2) is 0 Å². The van der Waals surface area contributed by atoms with E-state index in [4.69, 9.17) is 5.73 Å². The Morgan fingerprint density at radius 2 is 1.59 bits per heavy atom. The summed E-state index contributed by atoms with van der Waals surface area (Å²) in [6.45, 7) is 3.07. The van der Waals surface area contributed by atoms with Gasteiger partial charge in [-0.3, -0.25) is 4.79 Å². The highest BCUT2D eigenvalue weighted by Gasteiger charge is 2.45. The smallest absolute Gasteiger partial charge is 0.223 e. The van der Waals surface area contributed by atoms with Crippen molar-refractivity contribution in [2.45, 2.75) is 63.6 Å². The van der Waals surface area contributed by atoms with Gasteiger partial charge >= 0.3 is 0 Å². The van der Waals surface area contributed by atoms with Gasteiger partial charge in [-0.05, 0) is 74.7 Å². The Kier molecular flexibility index (Phi) is 8.31. The molecule has 3 fully saturated rings. The molecule has 2 saturated heterocycles. The molecule has 0 radical (unpaired) electrons. The molecule has 1 aromatic carbocycles. The lowest BCUT2D eigenvalue weighted by atomic mass is 9.76. The van der Waals surface area contributed by atoms with E-state index < -0.39 is 11.6 Å². The second kappa shape index (κ2) is 9.90. The van der Waals surface area contributed by atoms with Crippen molar-refractivity contribution in [1.82, 2.24) is 9.80 Å². The number of likely N-dealkylation sites (tertiary alicyclic amines) is 2. The summed E-state index contributed by atoms with van der Waals surface area (Å²) in [5, 5.41) is 0. The lowest BCUT2D eigenvalue weighted by molar-refractivity contribution is -0.128. The fourth-order valence-electron chi connectivity index (χ4n) is 5.21. The number of benzene rings is 1. The number of nitrogens with two attached hydrogens (primary N) is 1. The summed E-state index contributed by atoms with van der Waals surface area (Å²) in [7, 11) is 0. The predicted molar refractivity (Wildman–Crippen MR) is 114 cm³/mol. The molecule has 2 N–H and O–H groups in total. The summed E-state index contributed by atoms with van der Waals surface area (Å²) < 4.78 is 26.9. The summed E-state index contributed by atoms with van der Waals surface area (Å²) in [4.78, 5) is 16.9. The van der Waals surface area contributed by atoms with Crippen molar-refractivity contribution in [3.8, 4) is 0 Å². The molecule has 29 heavy (non-hydrogen) atoms. The van der Waals surface area contributed by atoms with Gasteiger partial charge in [0.1, 0.15) is 11.6 Å². The lowest BCUT2D eigenvalue weighted by Crippen LogP contribution is -2.48. The SMILES string of the molecule is Cl.Cl.NC1CCC(N2CCC3(CC2)CC(=O)N(Cc2cc(F)cc(F)c2)C3)CC1. The third kappa shape index (κ3) is 5.60. The Hall–Kier alpha value is -0.950. The highest BCUT2D eigenvalue weighted by molar-refractivity contribution is 5.85. The first-order valence-corrected chi connectivity index (χ1v) is 10.1. The van der Waals surface area contributed by atoms with E-state index in [0.29, 0.717) is 37.2 Å². The first-order valence-electron chi connectivity index (χ1n) is 10.1. The molecule has 1 saturated carbocycles. The van der Waals surface area contributed by atoms with E-state index in [-0.39, 0.29) is 36.1 Å². The molecule has 0 unspecified atom stereocenters. The summed E-state index contributed by atoms with van der Waals surface area (Å²) in [5.41, 5.74) is 6.58. The monoisotopic (exact) mass is 449 g/mol. The number of halogens is 4. The van der Waals surface area contributed by atoms with Crippen molar-refractivity contribution in [2.24, 2.45) is 11.1 Å². The van der Waals surface area contributed by atoms with Gasteiger partial charge in [-0.15, -0.1) is 24.8 Å². The van der Waals surface area contributed by atoms with Crippen LogP contribution < -0.4 is 5.73 Å². The number of carbonyl (C=O) groups excluding carboxylic acids is 1. The van der Waals surface area contributed by atoms with Gasteiger partial charge in [0.05, 0.1) is 0 Å². The van der Waals surface area contributed by atoms with Crippen LogP contribution in [0.2, 0.25) is 0 Å². The van der Waals surface area contributed by atoms with E-state index in [1.54, 1.807) is 4.90 Å². The van der Waals surface area contributed by atoms with Crippen LogP contribution in [0.5, 0.6) is 0 Å². The molecule has 3 aliphatic rings. The van der Waals surface area contributed by atoms with E-state index >= 15 is 0 Å². The molecular weight excluding hydrogens is 419 g/mol. The number of carbonyl (C=O) groups is 1. The normalized spacial score (nSPS) is 26.9. The third-order valence-corrected chi connectivity index (χ3v) is 6.82. The Balaban J connectivity index is 0.00000150. The Morgan fingerprint density at radius 1 is 1.00 bits per heavy atom. The zero-order valence-electron chi connectivity index (χ0n) is 16.6. The van der Waals surface area contributed by atoms with Gasteiger partial charge in [-0.2, -0.15) is 0 Å². The van der Waals surface area contributed by atoms with Gasteiger partial charge in [0.25, 0.3) is 0 Å². The zero-order valence-corrected chi connectivity index (χ0v) is 18.3. The van der Waals surface area contributed by atoms with Crippen LogP contribution in [-0.4, -0.2) is 47.4 Å². The maximum absolute atomic E-state index is 13.4. The molecule has 2 aliphatic heterocycles. The van der Waals surface area contributed by atoms with Gasteiger partial charge in [0, 0.05) is 37.7 Å². The first-order chi connectivity index (χ1) is 12.9. The number of nitrogens with zero attached hydrogens (tertiary/aromatic N) is 2. The molecular formula is C21H31Cl2F2N3O. The molecule has 1 aromatic rings. The highest BCUT2D eigenvalue weighted by Crippen LogP contribution is 2.42. The van der Waals surface area contributed by atoms with Gasteiger partial charge in [-0.1, -0.05) is 0 Å². The van der Waals surface area contributed by atoms with Crippen molar-refractivity contribution in [1.29, 1.82) is 0 Å². The first kappa shape index (κ1) is 24.3. The molecule has 0 atom stereocenters. The number of hydrogen-bond donors (Lipinski definition) is 1. The number of rotatable bonds is 3. The highest BCUT2D eigenvalue weighted by atomic mass is 35.5. The van der Waals surface area contributed by atoms with Crippen LogP contribution >= 0.6 is 24.8 Å². The largest absolute Gasteiger partial charge is 0.338 e. The van der Waals surface area contributed by atoms with Crippen LogP contribution in [0.3, 0.4) is 0 Å². The third-order valence-electron chi connectivity index (χ3n) is 6.82. The van der Waals surface area contributed by atoms with E-state index in [0.717, 1.165) is 44.8 Å². The molecule has 1 spiro atoms. The standard InChI is InChI=1S/C21H29F2N3O.2ClH/c22-16-9-15(10-17(23)11-16)13-26-14-21(12-20(26)27)5-7-25(8-6-21)19-3-1-18(24)2-4-19;;/h9-11,18-19H,1-8,12-14,24H2;2*1H. The van der Waals surface area contributed by atoms with Gasteiger partial charge in [0.2, 0.25) is 5.91 Å². The van der Waals surface area contributed by atoms with Crippen molar-refractivity contribution in [2.75, 3.05) is 19.6 Å². The van der Waals surface area contributed by atoms with Crippen LogP contribution in [0.15, 0.2) is 18.2 Å². The van der Waals surface area contributed by atoms with Crippen LogP contribution in [0.1, 0.15) is 50.5 Å². The fourth-order valence-corrected chi connectivity index (χ4v) is 5.21. The van der Waals surface area contributed by atoms with Crippen molar-refractivity contribution >= 4 is 30.7 Å². The van der Waals surface area contributed by atoms with Crippen LogP contribution in [0.25, 0.3) is 0 Å². The second-order valence-electron chi connectivity index (χ2n) is 8.81. The van der Waals surface area contributed by atoms with Crippen LogP contribution in [-0.2, 0) is 11.3 Å². The Labute approximate surface area is 184 Å². The van der Waals surface area contributed by atoms with E-state index in [2.05, 4.69) is 4.90 Å². The van der Waals surface area contributed by atoms with Crippen molar-refractivity contribution in [3.05, 3.63) is 35.4 Å². The van der Waals surface area contributed by atoms with Crippen LogP contribution in [0.4, 0.5) is 8.78 Å². The minimum Gasteiger partial charge on any atom is -0.338 e. The summed E-state index contributed by atoms with van der Waals surface area (Å²) >= 11 is 0. The van der Waals surface area contributed by atoms with Gasteiger partial charge in [-0.25, -0.2) is 8.78 Å². The summed E-state index contributed by atoms with van der Waals surface area (Å²) in [6.07, 6.45) is 7.21. The number of hydrogen-bond acceptors (Lipinski definition) is 3. The lowest BCUT2D eigenvalue weighted by Gasteiger charge is -2.44. The van der Waals surface area contributed by atoms with E-state index in [1.807, 2.05) is 0 Å². The average Bonchev–Trinajstić information content (AvgIpc) is 2.90. The molecule has 4 rings (SSSR count).